The number of hydrogen-bond acceptors (Lipinski definition) is 3. The molecule has 4 heteroatoms. The molecule has 0 aliphatic rings. The van der Waals surface area contributed by atoms with Gasteiger partial charge in [-0.25, -0.2) is 0 Å². The number of carbonyl (C=O) groups is 1. The molecule has 3 nitrogen and oxygen atoms in total. The monoisotopic (exact) mass is 274 g/mol. The number of pyridine rings is 1. The van der Waals surface area contributed by atoms with Gasteiger partial charge in [-0.1, -0.05) is 13.0 Å². The Balaban J connectivity index is 2.08. The Bertz CT molecular complexity index is 563. The van der Waals surface area contributed by atoms with E-state index in [9.17, 15) is 4.79 Å². The van der Waals surface area contributed by atoms with Gasteiger partial charge in [0.2, 0.25) is 0 Å². The second-order valence-corrected chi connectivity index (χ2v) is 5.66. The van der Waals surface area contributed by atoms with Gasteiger partial charge in [-0.3, -0.25) is 9.78 Å². The van der Waals surface area contributed by atoms with Crippen molar-refractivity contribution in [2.45, 2.75) is 33.2 Å². The Hall–Kier alpha value is -1.68. The average Bonchev–Trinajstić information content (AvgIpc) is 2.81. The summed E-state index contributed by atoms with van der Waals surface area (Å²) in [5, 5.41) is 2.99. The Kier molecular flexibility index (Phi) is 4.32. The normalized spacial score (nSPS) is 12.2. The summed E-state index contributed by atoms with van der Waals surface area (Å²) in [5.41, 5.74) is 2.07. The lowest BCUT2D eigenvalue weighted by Crippen LogP contribution is -2.26. The van der Waals surface area contributed by atoms with Gasteiger partial charge in [0.1, 0.15) is 0 Å². The molecule has 1 amide bonds. The highest BCUT2D eigenvalue weighted by molar-refractivity contribution is 7.14. The largest absolute Gasteiger partial charge is 0.343 e. The molecule has 0 spiro atoms. The summed E-state index contributed by atoms with van der Waals surface area (Å²) in [5.74, 6) is -0.0223. The highest BCUT2D eigenvalue weighted by atomic mass is 32.1. The number of amides is 1. The quantitative estimate of drug-likeness (QED) is 0.927. The van der Waals surface area contributed by atoms with Crippen LogP contribution in [-0.2, 0) is 6.42 Å². The van der Waals surface area contributed by atoms with Gasteiger partial charge in [0.25, 0.3) is 5.91 Å². The molecule has 0 saturated carbocycles. The van der Waals surface area contributed by atoms with Crippen LogP contribution in [0.2, 0.25) is 0 Å². The van der Waals surface area contributed by atoms with E-state index in [1.165, 1.54) is 10.4 Å². The molecular formula is C15H18N2OS. The zero-order valence-corrected chi connectivity index (χ0v) is 12.3. The fourth-order valence-electron chi connectivity index (χ4n) is 1.96. The minimum absolute atomic E-state index is 0.0223. The summed E-state index contributed by atoms with van der Waals surface area (Å²) >= 11 is 1.57. The van der Waals surface area contributed by atoms with Crippen molar-refractivity contribution >= 4 is 17.2 Å². The number of nitrogens with one attached hydrogen (secondary N) is 1. The minimum atomic E-state index is -0.0822. The van der Waals surface area contributed by atoms with Gasteiger partial charge < -0.3 is 5.32 Å². The summed E-state index contributed by atoms with van der Waals surface area (Å²) in [6.45, 7) is 6.10. The van der Waals surface area contributed by atoms with Crippen LogP contribution in [0.5, 0.6) is 0 Å². The number of rotatable bonds is 4. The molecule has 0 bridgehead atoms. The molecule has 19 heavy (non-hydrogen) atoms. The highest BCUT2D eigenvalue weighted by Gasteiger charge is 2.15. The molecule has 0 aliphatic carbocycles. The van der Waals surface area contributed by atoms with E-state index in [1.807, 2.05) is 38.1 Å². The zero-order chi connectivity index (χ0) is 13.8. The van der Waals surface area contributed by atoms with Crippen molar-refractivity contribution in [3.63, 3.8) is 0 Å². The van der Waals surface area contributed by atoms with Crippen LogP contribution in [-0.4, -0.2) is 10.9 Å². The molecule has 0 aliphatic heterocycles. The molecule has 0 aromatic carbocycles. The van der Waals surface area contributed by atoms with Crippen molar-refractivity contribution in [3.8, 4) is 0 Å². The van der Waals surface area contributed by atoms with Crippen LogP contribution in [0, 0.1) is 6.92 Å². The van der Waals surface area contributed by atoms with E-state index in [-0.39, 0.29) is 11.9 Å². The standard InChI is InChI=1S/C15H18N2OS/c1-4-13-10(2)9-14(19-13)15(18)17-11(3)12-7-5-6-8-16-12/h5-9,11H,4H2,1-3H3,(H,17,18). The molecule has 100 valence electrons. The summed E-state index contributed by atoms with van der Waals surface area (Å²) in [6.07, 6.45) is 2.71. The van der Waals surface area contributed by atoms with Crippen LogP contribution in [0.25, 0.3) is 0 Å². The first-order chi connectivity index (χ1) is 9.11. The average molecular weight is 274 g/mol. The summed E-state index contributed by atoms with van der Waals surface area (Å²) in [7, 11) is 0. The number of thiophene rings is 1. The molecule has 0 fully saturated rings. The smallest absolute Gasteiger partial charge is 0.261 e. The van der Waals surface area contributed by atoms with Gasteiger partial charge in [0.15, 0.2) is 0 Å². The number of aromatic nitrogens is 1. The van der Waals surface area contributed by atoms with Crippen LogP contribution in [0.4, 0.5) is 0 Å². The molecular weight excluding hydrogens is 256 g/mol. The Morgan fingerprint density at radius 3 is 2.84 bits per heavy atom. The minimum Gasteiger partial charge on any atom is -0.343 e. The first-order valence-corrected chi connectivity index (χ1v) is 7.24. The maximum atomic E-state index is 12.2. The predicted octanol–water partition coefficient (Wildman–Crippen LogP) is 3.50. The molecule has 2 heterocycles. The number of aryl methyl sites for hydroxylation is 2. The zero-order valence-electron chi connectivity index (χ0n) is 11.4. The number of hydrogen-bond donors (Lipinski definition) is 1. The maximum absolute atomic E-state index is 12.2. The predicted molar refractivity (Wildman–Crippen MR) is 78.6 cm³/mol. The van der Waals surface area contributed by atoms with Gasteiger partial charge >= 0.3 is 0 Å². The van der Waals surface area contributed by atoms with E-state index in [2.05, 4.69) is 17.2 Å². The Labute approximate surface area is 117 Å². The first-order valence-electron chi connectivity index (χ1n) is 6.43. The number of carbonyl (C=O) groups excluding carboxylic acids is 1. The van der Waals surface area contributed by atoms with Crippen molar-refractivity contribution in [3.05, 3.63) is 51.5 Å². The fourth-order valence-corrected chi connectivity index (χ4v) is 2.97. The van der Waals surface area contributed by atoms with Gasteiger partial charge in [0, 0.05) is 11.1 Å². The van der Waals surface area contributed by atoms with Crippen molar-refractivity contribution in [2.75, 3.05) is 0 Å². The molecule has 0 radical (unpaired) electrons. The SMILES string of the molecule is CCc1sc(C(=O)NC(C)c2ccccn2)cc1C. The van der Waals surface area contributed by atoms with Crippen molar-refractivity contribution in [1.82, 2.24) is 10.3 Å². The van der Waals surface area contributed by atoms with Crippen LogP contribution < -0.4 is 5.32 Å². The van der Waals surface area contributed by atoms with E-state index >= 15 is 0 Å². The van der Waals surface area contributed by atoms with Crippen LogP contribution in [0.1, 0.15) is 45.7 Å². The molecule has 2 rings (SSSR count). The van der Waals surface area contributed by atoms with E-state index in [1.54, 1.807) is 17.5 Å². The second-order valence-electron chi connectivity index (χ2n) is 4.52. The molecule has 1 N–H and O–H groups in total. The number of nitrogens with zero attached hydrogens (tertiary/aromatic N) is 1. The first kappa shape index (κ1) is 13.7. The van der Waals surface area contributed by atoms with Gasteiger partial charge in [-0.15, -0.1) is 11.3 Å². The van der Waals surface area contributed by atoms with E-state index in [0.717, 1.165) is 17.0 Å². The summed E-state index contributed by atoms with van der Waals surface area (Å²) in [6, 6.07) is 7.59. The summed E-state index contributed by atoms with van der Waals surface area (Å²) in [4.78, 5) is 18.5. The summed E-state index contributed by atoms with van der Waals surface area (Å²) < 4.78 is 0. The van der Waals surface area contributed by atoms with Crippen molar-refractivity contribution < 1.29 is 4.79 Å². The molecule has 0 saturated heterocycles. The Morgan fingerprint density at radius 2 is 2.26 bits per heavy atom. The third-order valence-electron chi connectivity index (χ3n) is 3.04. The molecule has 1 atom stereocenters. The highest BCUT2D eigenvalue weighted by Crippen LogP contribution is 2.23. The maximum Gasteiger partial charge on any atom is 0.261 e. The fraction of sp³-hybridized carbons (Fsp3) is 0.333. The van der Waals surface area contributed by atoms with Gasteiger partial charge in [0.05, 0.1) is 16.6 Å². The lowest BCUT2D eigenvalue weighted by atomic mass is 10.2. The van der Waals surface area contributed by atoms with E-state index in [0.29, 0.717) is 0 Å². The van der Waals surface area contributed by atoms with E-state index < -0.39 is 0 Å². The van der Waals surface area contributed by atoms with Crippen LogP contribution >= 0.6 is 11.3 Å². The van der Waals surface area contributed by atoms with E-state index in [4.69, 9.17) is 0 Å². The lowest BCUT2D eigenvalue weighted by molar-refractivity contribution is 0.0943. The topological polar surface area (TPSA) is 42.0 Å². The van der Waals surface area contributed by atoms with Crippen molar-refractivity contribution in [2.24, 2.45) is 0 Å². The van der Waals surface area contributed by atoms with Gasteiger partial charge in [-0.05, 0) is 44.0 Å². The third kappa shape index (κ3) is 3.20. The Morgan fingerprint density at radius 1 is 1.47 bits per heavy atom. The third-order valence-corrected chi connectivity index (χ3v) is 4.42. The van der Waals surface area contributed by atoms with Crippen LogP contribution in [0.3, 0.4) is 0 Å². The second kappa shape index (κ2) is 5.97. The van der Waals surface area contributed by atoms with Crippen LogP contribution in [0.15, 0.2) is 30.5 Å². The molecule has 1 unspecified atom stereocenters. The van der Waals surface area contributed by atoms with Gasteiger partial charge in [-0.2, -0.15) is 0 Å². The molecule has 2 aromatic rings. The molecule has 2 aromatic heterocycles. The van der Waals surface area contributed by atoms with Crippen molar-refractivity contribution in [1.29, 1.82) is 0 Å². The lowest BCUT2D eigenvalue weighted by Gasteiger charge is -2.12.